The van der Waals surface area contributed by atoms with E-state index < -0.39 is 10.8 Å². The zero-order valence-electron chi connectivity index (χ0n) is 11.6. The highest BCUT2D eigenvalue weighted by Crippen LogP contribution is 2.06. The quantitative estimate of drug-likeness (QED) is 0.793. The summed E-state index contributed by atoms with van der Waals surface area (Å²) in [4.78, 5) is 16.0. The minimum Gasteiger partial charge on any atom is -0.384 e. The van der Waals surface area contributed by atoms with E-state index in [9.17, 15) is 9.00 Å². The average molecular weight is 283 g/mol. The molecule has 106 valence electrons. The Bertz CT molecular complexity index is 434. The Labute approximate surface area is 116 Å². The molecule has 2 N–H and O–H groups in total. The van der Waals surface area contributed by atoms with E-state index in [1.165, 1.54) is 0 Å². The zero-order chi connectivity index (χ0) is 14.3. The number of aromatic nitrogens is 1. The van der Waals surface area contributed by atoms with Crippen LogP contribution in [0.5, 0.6) is 0 Å². The summed E-state index contributed by atoms with van der Waals surface area (Å²) in [6.07, 6.45) is 4.30. The van der Waals surface area contributed by atoms with Gasteiger partial charge >= 0.3 is 0 Å². The van der Waals surface area contributed by atoms with Gasteiger partial charge in [-0.15, -0.1) is 0 Å². The first-order valence-electron chi connectivity index (χ1n) is 6.33. The molecular weight excluding hydrogens is 262 g/mol. The molecule has 19 heavy (non-hydrogen) atoms. The fraction of sp³-hybridized carbons (Fsp3) is 0.538. The maximum Gasteiger partial charge on any atom is 0.270 e. The molecule has 0 fully saturated rings. The molecule has 0 aliphatic heterocycles. The molecule has 0 aliphatic carbocycles. The van der Waals surface area contributed by atoms with Crippen molar-refractivity contribution in [3.05, 3.63) is 24.0 Å². The lowest BCUT2D eigenvalue weighted by Gasteiger charge is -2.12. The molecule has 5 nitrogen and oxygen atoms in total. The predicted octanol–water partition coefficient (Wildman–Crippen LogP) is 1.40. The van der Waals surface area contributed by atoms with Crippen LogP contribution in [0.2, 0.25) is 0 Å². The van der Waals surface area contributed by atoms with Gasteiger partial charge in [0.25, 0.3) is 5.91 Å². The number of carbonyl (C=O) groups excluding carboxylic acids is 1. The van der Waals surface area contributed by atoms with E-state index in [0.717, 1.165) is 18.7 Å². The van der Waals surface area contributed by atoms with Crippen molar-refractivity contribution in [3.8, 4) is 0 Å². The third-order valence-electron chi connectivity index (χ3n) is 2.44. The lowest BCUT2D eigenvalue weighted by molar-refractivity contribution is 0.0938. The number of hydrogen-bond donors (Lipinski definition) is 2. The highest BCUT2D eigenvalue weighted by Gasteiger charge is 2.11. The van der Waals surface area contributed by atoms with Crippen LogP contribution in [-0.2, 0) is 10.8 Å². The van der Waals surface area contributed by atoms with Crippen LogP contribution < -0.4 is 10.6 Å². The molecule has 1 rings (SSSR count). The molecule has 1 heterocycles. The van der Waals surface area contributed by atoms with Crippen LogP contribution >= 0.6 is 0 Å². The van der Waals surface area contributed by atoms with Crippen LogP contribution in [-0.4, -0.2) is 39.7 Å². The molecule has 0 aromatic carbocycles. The van der Waals surface area contributed by atoms with Gasteiger partial charge in [0.05, 0.1) is 11.9 Å². The first-order valence-corrected chi connectivity index (χ1v) is 8.06. The summed E-state index contributed by atoms with van der Waals surface area (Å²) in [6.45, 7) is 4.80. The van der Waals surface area contributed by atoms with Gasteiger partial charge in [0.2, 0.25) is 0 Å². The molecule has 0 aliphatic rings. The number of anilines is 1. The average Bonchev–Trinajstić information content (AvgIpc) is 2.35. The van der Waals surface area contributed by atoms with Gasteiger partial charge in [-0.2, -0.15) is 0 Å². The largest absolute Gasteiger partial charge is 0.384 e. The van der Waals surface area contributed by atoms with E-state index in [-0.39, 0.29) is 11.9 Å². The van der Waals surface area contributed by atoms with Crippen LogP contribution in [0.15, 0.2) is 18.3 Å². The Morgan fingerprint density at radius 2 is 2.21 bits per heavy atom. The van der Waals surface area contributed by atoms with Gasteiger partial charge in [0.15, 0.2) is 0 Å². The maximum absolute atomic E-state index is 11.9. The topological polar surface area (TPSA) is 71.1 Å². The molecule has 0 radical (unpaired) electrons. The number of nitrogens with one attached hydrogen (secondary N) is 2. The molecule has 2 unspecified atom stereocenters. The Hall–Kier alpha value is -1.43. The number of hydrogen-bond acceptors (Lipinski definition) is 4. The summed E-state index contributed by atoms with van der Waals surface area (Å²) >= 11 is 0. The second-order valence-electron chi connectivity index (χ2n) is 4.47. The molecule has 0 bridgehead atoms. The van der Waals surface area contributed by atoms with E-state index in [2.05, 4.69) is 22.5 Å². The van der Waals surface area contributed by atoms with E-state index in [1.807, 2.05) is 13.0 Å². The van der Waals surface area contributed by atoms with Crippen LogP contribution in [0.25, 0.3) is 0 Å². The molecule has 0 spiro atoms. The summed E-state index contributed by atoms with van der Waals surface area (Å²) in [5.41, 5.74) is 1.27. The summed E-state index contributed by atoms with van der Waals surface area (Å²) in [5.74, 6) is 0.210. The molecule has 6 heteroatoms. The van der Waals surface area contributed by atoms with Crippen LogP contribution in [0, 0.1) is 0 Å². The minimum atomic E-state index is -0.921. The lowest BCUT2D eigenvalue weighted by atomic mass is 10.3. The number of rotatable bonds is 7. The van der Waals surface area contributed by atoms with E-state index >= 15 is 0 Å². The summed E-state index contributed by atoms with van der Waals surface area (Å²) in [6, 6.07) is 3.39. The Morgan fingerprint density at radius 3 is 2.74 bits per heavy atom. The monoisotopic (exact) mass is 283 g/mol. The van der Waals surface area contributed by atoms with Crippen molar-refractivity contribution >= 4 is 22.4 Å². The van der Waals surface area contributed by atoms with E-state index in [0.29, 0.717) is 11.4 Å². The van der Waals surface area contributed by atoms with Crippen LogP contribution in [0.1, 0.15) is 30.8 Å². The standard InChI is InChI=1S/C13H21N3O2S/c1-4-7-14-11-5-6-12(15-8-11)13(17)16-10(2)9-19(3)18/h5-6,8,10,14H,4,7,9H2,1-3H3,(H,16,17). The van der Waals surface area contributed by atoms with Crippen LogP contribution in [0.3, 0.4) is 0 Å². The predicted molar refractivity (Wildman–Crippen MR) is 78.9 cm³/mol. The summed E-state index contributed by atoms with van der Waals surface area (Å²) < 4.78 is 11.1. The highest BCUT2D eigenvalue weighted by molar-refractivity contribution is 7.84. The Balaban J connectivity index is 2.55. The Kier molecular flexibility index (Phi) is 6.49. The first-order chi connectivity index (χ1) is 9.02. The molecule has 0 saturated carbocycles. The van der Waals surface area contributed by atoms with Gasteiger partial charge in [0.1, 0.15) is 5.69 Å². The zero-order valence-corrected chi connectivity index (χ0v) is 12.4. The van der Waals surface area contributed by atoms with Crippen molar-refractivity contribution in [2.24, 2.45) is 0 Å². The van der Waals surface area contributed by atoms with Gasteiger partial charge in [-0.05, 0) is 25.5 Å². The third kappa shape index (κ3) is 5.83. The fourth-order valence-electron chi connectivity index (χ4n) is 1.59. The summed E-state index contributed by atoms with van der Waals surface area (Å²) in [5, 5.41) is 5.97. The number of pyridine rings is 1. The normalized spacial score (nSPS) is 13.6. The molecule has 1 amide bonds. The lowest BCUT2D eigenvalue weighted by Crippen LogP contribution is -2.36. The van der Waals surface area contributed by atoms with Gasteiger partial charge in [0, 0.05) is 35.4 Å². The van der Waals surface area contributed by atoms with Crippen molar-refractivity contribution in [2.45, 2.75) is 26.3 Å². The van der Waals surface area contributed by atoms with Crippen molar-refractivity contribution in [3.63, 3.8) is 0 Å². The SMILES string of the molecule is CCCNc1ccc(C(=O)NC(C)CS(C)=O)nc1. The molecule has 1 aromatic heterocycles. The molecule has 1 aromatic rings. The third-order valence-corrected chi connectivity index (χ3v) is 3.41. The van der Waals surface area contributed by atoms with Crippen molar-refractivity contribution in [1.29, 1.82) is 0 Å². The van der Waals surface area contributed by atoms with Crippen molar-refractivity contribution in [1.82, 2.24) is 10.3 Å². The molecule has 0 saturated heterocycles. The second kappa shape index (κ2) is 7.89. The molecular formula is C13H21N3O2S. The van der Waals surface area contributed by atoms with Crippen LogP contribution in [0.4, 0.5) is 5.69 Å². The highest BCUT2D eigenvalue weighted by atomic mass is 32.2. The van der Waals surface area contributed by atoms with Gasteiger partial charge in [-0.25, -0.2) is 4.98 Å². The summed E-state index contributed by atoms with van der Waals surface area (Å²) in [7, 11) is -0.921. The van der Waals surface area contributed by atoms with Gasteiger partial charge in [-0.1, -0.05) is 6.92 Å². The molecule has 2 atom stereocenters. The maximum atomic E-state index is 11.9. The first kappa shape index (κ1) is 15.6. The second-order valence-corrected chi connectivity index (χ2v) is 5.95. The number of amides is 1. The van der Waals surface area contributed by atoms with E-state index in [1.54, 1.807) is 18.5 Å². The van der Waals surface area contributed by atoms with Crippen molar-refractivity contribution in [2.75, 3.05) is 23.9 Å². The fourth-order valence-corrected chi connectivity index (χ4v) is 2.38. The number of nitrogens with zero attached hydrogens (tertiary/aromatic N) is 1. The van der Waals surface area contributed by atoms with Crippen molar-refractivity contribution < 1.29 is 9.00 Å². The van der Waals surface area contributed by atoms with E-state index in [4.69, 9.17) is 0 Å². The van der Waals surface area contributed by atoms with Gasteiger partial charge in [-0.3, -0.25) is 9.00 Å². The smallest absolute Gasteiger partial charge is 0.270 e. The Morgan fingerprint density at radius 1 is 1.47 bits per heavy atom. The number of carbonyl (C=O) groups is 1. The van der Waals surface area contributed by atoms with Gasteiger partial charge < -0.3 is 10.6 Å². The minimum absolute atomic E-state index is 0.127.